The first-order valence-electron chi connectivity index (χ1n) is 8.86. The normalized spacial score (nSPS) is 11.8. The third-order valence-electron chi connectivity index (χ3n) is 4.58. The molecule has 1 amide bonds. The van der Waals surface area contributed by atoms with Crippen LogP contribution in [0, 0.1) is 12.3 Å². The Morgan fingerprint density at radius 1 is 1.36 bits per heavy atom. The highest BCUT2D eigenvalue weighted by molar-refractivity contribution is 6.33. The van der Waals surface area contributed by atoms with E-state index in [1.165, 1.54) is 0 Å². The Labute approximate surface area is 167 Å². The first-order chi connectivity index (χ1) is 13.0. The zero-order valence-electron chi connectivity index (χ0n) is 16.5. The summed E-state index contributed by atoms with van der Waals surface area (Å²) < 4.78 is 1.55. The maximum atomic E-state index is 12.7. The lowest BCUT2D eigenvalue weighted by atomic mass is 9.95. The van der Waals surface area contributed by atoms with E-state index < -0.39 is 16.6 Å². The van der Waals surface area contributed by atoms with Crippen LogP contribution < -0.4 is 10.7 Å². The fraction of sp³-hybridized carbons (Fsp3) is 0.350. The van der Waals surface area contributed by atoms with E-state index in [1.807, 2.05) is 20.8 Å². The van der Waals surface area contributed by atoms with Crippen LogP contribution in [0.4, 0.5) is 0 Å². The standard InChI is InChI=1S/C20H23ClN4O3/c1-10-14-16(26)17(27)15(23-18(14)25(5)24-10)12-8-11(6-7-13(12)21)9-22-19(28)20(2,3)4/h6-8,27H,9H2,1-5H3,(H,22,28)(H,23,26). The quantitative estimate of drug-likeness (QED) is 0.626. The van der Waals surface area contributed by atoms with Crippen molar-refractivity contribution in [3.63, 3.8) is 0 Å². The molecule has 28 heavy (non-hydrogen) atoms. The van der Waals surface area contributed by atoms with E-state index in [0.717, 1.165) is 5.56 Å². The SMILES string of the molecule is Cc1nn(C)c2[nH]c(-c3cc(CNC(=O)C(C)(C)C)ccc3Cl)c(O)c(=O)c12. The van der Waals surface area contributed by atoms with Crippen molar-refractivity contribution >= 4 is 28.5 Å². The molecular weight excluding hydrogens is 380 g/mol. The third kappa shape index (κ3) is 3.49. The molecule has 0 aliphatic rings. The number of carbonyl (C=O) groups is 1. The zero-order chi connectivity index (χ0) is 20.8. The van der Waals surface area contributed by atoms with Crippen LogP contribution in [0.2, 0.25) is 5.02 Å². The maximum absolute atomic E-state index is 12.7. The number of nitrogens with one attached hydrogen (secondary N) is 2. The Morgan fingerprint density at radius 3 is 2.68 bits per heavy atom. The van der Waals surface area contributed by atoms with Gasteiger partial charge in [0.2, 0.25) is 11.3 Å². The predicted octanol–water partition coefficient (Wildman–Crippen LogP) is 3.26. The van der Waals surface area contributed by atoms with Crippen molar-refractivity contribution in [1.29, 1.82) is 0 Å². The summed E-state index contributed by atoms with van der Waals surface area (Å²) in [6, 6.07) is 5.20. The molecule has 3 N–H and O–H groups in total. The Morgan fingerprint density at radius 2 is 2.04 bits per heavy atom. The molecule has 0 radical (unpaired) electrons. The third-order valence-corrected chi connectivity index (χ3v) is 4.91. The van der Waals surface area contributed by atoms with Gasteiger partial charge in [-0.3, -0.25) is 14.3 Å². The summed E-state index contributed by atoms with van der Waals surface area (Å²) >= 11 is 6.34. The number of aryl methyl sites for hydroxylation is 2. The van der Waals surface area contributed by atoms with Gasteiger partial charge in [-0.05, 0) is 24.6 Å². The molecular formula is C20H23ClN4O3. The number of hydrogen-bond donors (Lipinski definition) is 3. The van der Waals surface area contributed by atoms with E-state index in [9.17, 15) is 14.7 Å². The van der Waals surface area contributed by atoms with E-state index in [0.29, 0.717) is 33.9 Å². The molecule has 0 aliphatic heterocycles. The van der Waals surface area contributed by atoms with Crippen LogP contribution in [0.1, 0.15) is 32.0 Å². The average molecular weight is 403 g/mol. The minimum atomic E-state index is -0.503. The van der Waals surface area contributed by atoms with Gasteiger partial charge in [-0.15, -0.1) is 0 Å². The van der Waals surface area contributed by atoms with E-state index in [2.05, 4.69) is 15.4 Å². The summed E-state index contributed by atoms with van der Waals surface area (Å²) in [6.07, 6.45) is 0. The van der Waals surface area contributed by atoms with Crippen molar-refractivity contribution in [3.8, 4) is 17.0 Å². The van der Waals surface area contributed by atoms with Gasteiger partial charge in [0.05, 0.1) is 21.8 Å². The number of halogens is 1. The number of benzene rings is 1. The molecule has 2 aromatic heterocycles. The molecule has 0 saturated carbocycles. The second-order valence-electron chi connectivity index (χ2n) is 7.86. The van der Waals surface area contributed by atoms with Crippen molar-refractivity contribution in [2.75, 3.05) is 0 Å². The summed E-state index contributed by atoms with van der Waals surface area (Å²) in [5, 5.41) is 18.3. The first kappa shape index (κ1) is 19.9. The molecule has 7 nitrogen and oxygen atoms in total. The topological polar surface area (TPSA) is 100 Å². The van der Waals surface area contributed by atoms with Gasteiger partial charge in [0.1, 0.15) is 5.65 Å². The molecule has 0 bridgehead atoms. The second kappa shape index (κ2) is 6.98. The smallest absolute Gasteiger partial charge is 0.235 e. The van der Waals surface area contributed by atoms with E-state index in [-0.39, 0.29) is 11.6 Å². The number of amides is 1. The molecule has 0 spiro atoms. The molecule has 0 aliphatic carbocycles. The van der Waals surface area contributed by atoms with Gasteiger partial charge in [-0.25, -0.2) is 0 Å². The summed E-state index contributed by atoms with van der Waals surface area (Å²) in [5.74, 6) is -0.492. The van der Waals surface area contributed by atoms with Crippen molar-refractivity contribution in [3.05, 3.63) is 44.7 Å². The van der Waals surface area contributed by atoms with Crippen LogP contribution in [-0.2, 0) is 18.4 Å². The molecule has 148 valence electrons. The summed E-state index contributed by atoms with van der Waals surface area (Å²) in [4.78, 5) is 27.8. The number of aromatic hydroxyl groups is 1. The average Bonchev–Trinajstić information content (AvgIpc) is 2.90. The van der Waals surface area contributed by atoms with E-state index >= 15 is 0 Å². The number of fused-ring (bicyclic) bond motifs is 1. The predicted molar refractivity (Wildman–Crippen MR) is 109 cm³/mol. The Bertz CT molecular complexity index is 1140. The second-order valence-corrected chi connectivity index (χ2v) is 8.26. The number of rotatable bonds is 3. The lowest BCUT2D eigenvalue weighted by Gasteiger charge is -2.18. The Hall–Kier alpha value is -2.80. The van der Waals surface area contributed by atoms with E-state index in [4.69, 9.17) is 11.6 Å². The molecule has 1 aromatic carbocycles. The van der Waals surface area contributed by atoms with Gasteiger partial charge in [-0.1, -0.05) is 38.4 Å². The van der Waals surface area contributed by atoms with Crippen molar-refractivity contribution in [2.24, 2.45) is 12.5 Å². The highest BCUT2D eigenvalue weighted by Gasteiger charge is 2.22. The zero-order valence-corrected chi connectivity index (χ0v) is 17.2. The molecule has 3 rings (SSSR count). The largest absolute Gasteiger partial charge is 0.503 e. The van der Waals surface area contributed by atoms with Crippen molar-refractivity contribution in [2.45, 2.75) is 34.2 Å². The lowest BCUT2D eigenvalue weighted by molar-refractivity contribution is -0.128. The van der Waals surface area contributed by atoms with Crippen LogP contribution in [0.25, 0.3) is 22.3 Å². The Balaban J connectivity index is 2.07. The van der Waals surface area contributed by atoms with Crippen molar-refractivity contribution in [1.82, 2.24) is 20.1 Å². The van der Waals surface area contributed by atoms with Gasteiger partial charge in [-0.2, -0.15) is 5.10 Å². The van der Waals surface area contributed by atoms with Crippen molar-refractivity contribution < 1.29 is 9.90 Å². The Kier molecular flexibility index (Phi) is 4.97. The molecule has 0 atom stereocenters. The fourth-order valence-electron chi connectivity index (χ4n) is 3.00. The molecule has 0 unspecified atom stereocenters. The number of nitrogens with zero attached hydrogens (tertiary/aromatic N) is 2. The summed E-state index contributed by atoms with van der Waals surface area (Å²) in [5.41, 5.74) is 1.51. The minimum Gasteiger partial charge on any atom is -0.503 e. The number of aromatic nitrogens is 3. The van der Waals surface area contributed by atoms with Crippen LogP contribution in [0.15, 0.2) is 23.0 Å². The molecule has 0 fully saturated rings. The van der Waals surface area contributed by atoms with Gasteiger partial charge >= 0.3 is 0 Å². The minimum absolute atomic E-state index is 0.0768. The number of H-pyrrole nitrogens is 1. The monoisotopic (exact) mass is 402 g/mol. The number of hydrogen-bond acceptors (Lipinski definition) is 4. The van der Waals surface area contributed by atoms with E-state index in [1.54, 1.807) is 36.9 Å². The number of aromatic amines is 1. The first-order valence-corrected chi connectivity index (χ1v) is 9.24. The molecule has 2 heterocycles. The van der Waals surface area contributed by atoms with Gasteiger partial charge < -0.3 is 15.4 Å². The highest BCUT2D eigenvalue weighted by atomic mass is 35.5. The highest BCUT2D eigenvalue weighted by Crippen LogP contribution is 2.33. The van der Waals surface area contributed by atoms with Crippen LogP contribution in [-0.4, -0.2) is 25.8 Å². The fourth-order valence-corrected chi connectivity index (χ4v) is 3.21. The molecule has 3 aromatic rings. The van der Waals surface area contributed by atoms with Gasteiger partial charge in [0.15, 0.2) is 5.75 Å². The van der Waals surface area contributed by atoms with Crippen LogP contribution in [0.3, 0.4) is 0 Å². The van der Waals surface area contributed by atoms with Crippen LogP contribution >= 0.6 is 11.6 Å². The summed E-state index contributed by atoms with van der Waals surface area (Å²) in [7, 11) is 1.71. The van der Waals surface area contributed by atoms with Gasteiger partial charge in [0, 0.05) is 24.6 Å². The van der Waals surface area contributed by atoms with Gasteiger partial charge in [0.25, 0.3) is 0 Å². The number of carbonyl (C=O) groups excluding carboxylic acids is 1. The van der Waals surface area contributed by atoms with Crippen LogP contribution in [0.5, 0.6) is 5.75 Å². The summed E-state index contributed by atoms with van der Waals surface area (Å²) in [6.45, 7) is 7.52. The maximum Gasteiger partial charge on any atom is 0.235 e. The molecule has 8 heteroatoms. The lowest BCUT2D eigenvalue weighted by Crippen LogP contribution is -2.34. The molecule has 0 saturated heterocycles. The number of pyridine rings is 1.